The standard InChI is InChI=1S/C11H11Br3ClNO/c12-7-5-8(13)11(9(14)6-7)16-10(17)3-1-2-4-15/h5-6H,1-4H2,(H,16,17). The van der Waals surface area contributed by atoms with Gasteiger partial charge in [0.2, 0.25) is 5.91 Å². The van der Waals surface area contributed by atoms with Crippen molar-refractivity contribution >= 4 is 71.0 Å². The first kappa shape index (κ1) is 15.5. The molecule has 0 aliphatic heterocycles. The molecular weight excluding hydrogens is 437 g/mol. The van der Waals surface area contributed by atoms with E-state index in [1.165, 1.54) is 0 Å². The van der Waals surface area contributed by atoms with E-state index in [2.05, 4.69) is 53.1 Å². The third-order valence-electron chi connectivity index (χ3n) is 2.06. The van der Waals surface area contributed by atoms with Crippen molar-refractivity contribution in [3.05, 3.63) is 25.6 Å². The van der Waals surface area contributed by atoms with Gasteiger partial charge in [0, 0.05) is 25.7 Å². The second-order valence-electron chi connectivity index (χ2n) is 3.44. The highest BCUT2D eigenvalue weighted by Crippen LogP contribution is 2.34. The lowest BCUT2D eigenvalue weighted by Crippen LogP contribution is -2.12. The Morgan fingerprint density at radius 1 is 1.18 bits per heavy atom. The lowest BCUT2D eigenvalue weighted by molar-refractivity contribution is -0.116. The second-order valence-corrected chi connectivity index (χ2v) is 6.44. The number of halogens is 4. The highest BCUT2D eigenvalue weighted by Gasteiger charge is 2.10. The van der Waals surface area contributed by atoms with Gasteiger partial charge in [0.25, 0.3) is 0 Å². The molecule has 1 rings (SSSR count). The summed E-state index contributed by atoms with van der Waals surface area (Å²) in [5.74, 6) is 0.595. The van der Waals surface area contributed by atoms with E-state index >= 15 is 0 Å². The van der Waals surface area contributed by atoms with Crippen LogP contribution in [0.2, 0.25) is 0 Å². The number of rotatable bonds is 5. The molecule has 1 aromatic rings. The number of nitrogens with one attached hydrogen (secondary N) is 1. The van der Waals surface area contributed by atoms with E-state index in [0.29, 0.717) is 12.3 Å². The molecule has 0 unspecified atom stereocenters. The van der Waals surface area contributed by atoms with Gasteiger partial charge in [0.1, 0.15) is 0 Å². The van der Waals surface area contributed by atoms with Crippen LogP contribution in [0.1, 0.15) is 19.3 Å². The third kappa shape index (κ3) is 5.28. The van der Waals surface area contributed by atoms with Crippen LogP contribution in [-0.4, -0.2) is 11.8 Å². The predicted octanol–water partition coefficient (Wildman–Crippen LogP) is 5.32. The second kappa shape index (κ2) is 7.77. The van der Waals surface area contributed by atoms with Crippen LogP contribution in [0.4, 0.5) is 5.69 Å². The Bertz CT molecular complexity index is 389. The van der Waals surface area contributed by atoms with Crippen molar-refractivity contribution in [3.63, 3.8) is 0 Å². The Hall–Kier alpha value is 0.420. The summed E-state index contributed by atoms with van der Waals surface area (Å²) in [6, 6.07) is 3.78. The fourth-order valence-electron chi connectivity index (χ4n) is 1.24. The summed E-state index contributed by atoms with van der Waals surface area (Å²) in [6.07, 6.45) is 2.15. The molecule has 0 atom stereocenters. The van der Waals surface area contributed by atoms with Crippen molar-refractivity contribution in [1.29, 1.82) is 0 Å². The molecular formula is C11H11Br3ClNO. The van der Waals surface area contributed by atoms with Crippen LogP contribution in [0.25, 0.3) is 0 Å². The zero-order chi connectivity index (χ0) is 12.8. The van der Waals surface area contributed by atoms with E-state index < -0.39 is 0 Å². The van der Waals surface area contributed by atoms with Crippen LogP contribution in [-0.2, 0) is 4.79 Å². The zero-order valence-corrected chi connectivity index (χ0v) is 14.4. The van der Waals surface area contributed by atoms with Crippen LogP contribution in [0.15, 0.2) is 25.6 Å². The van der Waals surface area contributed by atoms with Gasteiger partial charge >= 0.3 is 0 Å². The molecule has 0 saturated heterocycles. The summed E-state index contributed by atoms with van der Waals surface area (Å²) in [7, 11) is 0. The number of carbonyl (C=O) groups is 1. The van der Waals surface area contributed by atoms with Crippen LogP contribution in [0, 0.1) is 0 Å². The molecule has 1 aromatic carbocycles. The molecule has 0 spiro atoms. The summed E-state index contributed by atoms with van der Waals surface area (Å²) in [4.78, 5) is 11.7. The molecule has 1 N–H and O–H groups in total. The van der Waals surface area contributed by atoms with Gasteiger partial charge < -0.3 is 5.32 Å². The van der Waals surface area contributed by atoms with Crippen molar-refractivity contribution < 1.29 is 4.79 Å². The maximum atomic E-state index is 11.7. The van der Waals surface area contributed by atoms with Crippen LogP contribution >= 0.6 is 59.4 Å². The first-order chi connectivity index (χ1) is 8.04. The maximum absolute atomic E-state index is 11.7. The number of hydrogen-bond acceptors (Lipinski definition) is 1. The number of carbonyl (C=O) groups excluding carboxylic acids is 1. The highest BCUT2D eigenvalue weighted by atomic mass is 79.9. The van der Waals surface area contributed by atoms with Crippen molar-refractivity contribution in [2.24, 2.45) is 0 Å². The number of amides is 1. The first-order valence-corrected chi connectivity index (χ1v) is 7.96. The van der Waals surface area contributed by atoms with Gasteiger partial charge in [-0.25, -0.2) is 0 Å². The largest absolute Gasteiger partial charge is 0.324 e. The van der Waals surface area contributed by atoms with Crippen molar-refractivity contribution in [2.75, 3.05) is 11.2 Å². The van der Waals surface area contributed by atoms with Crippen LogP contribution < -0.4 is 5.32 Å². The van der Waals surface area contributed by atoms with Gasteiger partial charge in [-0.05, 0) is 56.8 Å². The molecule has 0 aromatic heterocycles. The van der Waals surface area contributed by atoms with E-state index in [-0.39, 0.29) is 5.91 Å². The minimum absolute atomic E-state index is 0.00107. The zero-order valence-electron chi connectivity index (χ0n) is 8.90. The molecule has 0 saturated carbocycles. The Labute approximate surface area is 131 Å². The SMILES string of the molecule is O=C(CCCCCl)Nc1c(Br)cc(Br)cc1Br. The number of unbranched alkanes of at least 4 members (excludes halogenated alkanes) is 1. The van der Waals surface area contributed by atoms with E-state index in [0.717, 1.165) is 31.9 Å². The quantitative estimate of drug-likeness (QED) is 0.480. The summed E-state index contributed by atoms with van der Waals surface area (Å²) in [5, 5.41) is 2.87. The van der Waals surface area contributed by atoms with Gasteiger partial charge in [-0.15, -0.1) is 11.6 Å². The molecule has 94 valence electrons. The Morgan fingerprint density at radius 3 is 2.29 bits per heavy atom. The van der Waals surface area contributed by atoms with Gasteiger partial charge in [0.15, 0.2) is 0 Å². The van der Waals surface area contributed by atoms with Crippen LogP contribution in [0.5, 0.6) is 0 Å². The summed E-state index contributed by atoms with van der Waals surface area (Å²) in [5.41, 5.74) is 0.754. The maximum Gasteiger partial charge on any atom is 0.224 e. The Balaban J connectivity index is 2.65. The molecule has 1 amide bonds. The molecule has 0 heterocycles. The van der Waals surface area contributed by atoms with E-state index in [1.54, 1.807) is 0 Å². The molecule has 6 heteroatoms. The summed E-state index contributed by atoms with van der Waals surface area (Å²) >= 11 is 15.8. The highest BCUT2D eigenvalue weighted by molar-refractivity contribution is 9.11. The number of benzene rings is 1. The summed E-state index contributed by atoms with van der Waals surface area (Å²) in [6.45, 7) is 0. The van der Waals surface area contributed by atoms with Gasteiger partial charge in [0.05, 0.1) is 5.69 Å². The average molecular weight is 448 g/mol. The van der Waals surface area contributed by atoms with Gasteiger partial charge in [-0.2, -0.15) is 0 Å². The molecule has 0 radical (unpaired) electrons. The molecule has 0 aliphatic rings. The molecule has 0 bridgehead atoms. The molecule has 17 heavy (non-hydrogen) atoms. The molecule has 2 nitrogen and oxygen atoms in total. The topological polar surface area (TPSA) is 29.1 Å². The Kier molecular flexibility index (Phi) is 7.07. The molecule has 0 aliphatic carbocycles. The van der Waals surface area contributed by atoms with Gasteiger partial charge in [-0.1, -0.05) is 15.9 Å². The van der Waals surface area contributed by atoms with Gasteiger partial charge in [-0.3, -0.25) is 4.79 Å². The van der Waals surface area contributed by atoms with Crippen molar-refractivity contribution in [1.82, 2.24) is 0 Å². The average Bonchev–Trinajstić information content (AvgIpc) is 2.24. The van der Waals surface area contributed by atoms with E-state index in [9.17, 15) is 4.79 Å². The first-order valence-electron chi connectivity index (χ1n) is 5.05. The fourth-order valence-corrected chi connectivity index (χ4v) is 3.89. The third-order valence-corrected chi connectivity index (χ3v) is 4.03. The monoisotopic (exact) mass is 445 g/mol. The smallest absolute Gasteiger partial charge is 0.224 e. The molecule has 0 fully saturated rings. The van der Waals surface area contributed by atoms with Crippen molar-refractivity contribution in [2.45, 2.75) is 19.3 Å². The fraction of sp³-hybridized carbons (Fsp3) is 0.364. The predicted molar refractivity (Wildman–Crippen MR) is 82.7 cm³/mol. The van der Waals surface area contributed by atoms with Crippen molar-refractivity contribution in [3.8, 4) is 0 Å². The number of hydrogen-bond donors (Lipinski definition) is 1. The Morgan fingerprint density at radius 2 is 1.76 bits per heavy atom. The van der Waals surface area contributed by atoms with E-state index in [4.69, 9.17) is 11.6 Å². The summed E-state index contributed by atoms with van der Waals surface area (Å²) < 4.78 is 2.62. The lowest BCUT2D eigenvalue weighted by Gasteiger charge is -2.10. The lowest BCUT2D eigenvalue weighted by atomic mass is 10.2. The number of anilines is 1. The number of alkyl halides is 1. The van der Waals surface area contributed by atoms with E-state index in [1.807, 2.05) is 12.1 Å². The normalized spacial score (nSPS) is 10.4. The minimum atomic E-state index is -0.00107. The van der Waals surface area contributed by atoms with Crippen LogP contribution in [0.3, 0.4) is 0 Å². The minimum Gasteiger partial charge on any atom is -0.324 e.